The molecule has 1 aliphatic rings. The highest BCUT2D eigenvalue weighted by molar-refractivity contribution is 5.46. The van der Waals surface area contributed by atoms with E-state index < -0.39 is 0 Å². The summed E-state index contributed by atoms with van der Waals surface area (Å²) in [5.41, 5.74) is 3.69. The molecule has 2 heteroatoms. The number of nitrogens with one attached hydrogen (secondary N) is 1. The molecule has 0 saturated heterocycles. The lowest BCUT2D eigenvalue weighted by Crippen LogP contribution is -2.00. The predicted molar refractivity (Wildman–Crippen MR) is 84.6 cm³/mol. The van der Waals surface area contributed by atoms with Gasteiger partial charge in [-0.25, -0.2) is 0 Å². The number of ether oxygens (including phenoxy) is 1. The van der Waals surface area contributed by atoms with Crippen molar-refractivity contribution in [2.24, 2.45) is 5.92 Å². The van der Waals surface area contributed by atoms with Crippen LogP contribution >= 0.6 is 0 Å². The van der Waals surface area contributed by atoms with E-state index in [1.807, 2.05) is 13.8 Å². The summed E-state index contributed by atoms with van der Waals surface area (Å²) >= 11 is 0. The maximum absolute atomic E-state index is 5.59. The highest BCUT2D eigenvalue weighted by Gasteiger charge is 2.16. The molecular formula is C17H29NO. The van der Waals surface area contributed by atoms with Crippen LogP contribution in [-0.4, -0.2) is 6.54 Å². The predicted octanol–water partition coefficient (Wildman–Crippen LogP) is 4.93. The van der Waals surface area contributed by atoms with Crippen LogP contribution in [0.15, 0.2) is 47.6 Å². The van der Waals surface area contributed by atoms with E-state index >= 15 is 0 Å². The first kappa shape index (κ1) is 17.6. The fraction of sp³-hybridized carbons (Fsp3) is 0.529. The second-order valence-corrected chi connectivity index (χ2v) is 4.81. The molecule has 0 atom stereocenters. The Balaban J connectivity index is 0.00000154. The van der Waals surface area contributed by atoms with E-state index in [0.717, 1.165) is 18.7 Å². The maximum atomic E-state index is 5.59. The van der Waals surface area contributed by atoms with Gasteiger partial charge in [0.25, 0.3) is 0 Å². The fourth-order valence-electron chi connectivity index (χ4n) is 1.88. The quantitative estimate of drug-likeness (QED) is 0.561. The van der Waals surface area contributed by atoms with Crippen LogP contribution in [0.5, 0.6) is 0 Å². The van der Waals surface area contributed by atoms with Gasteiger partial charge >= 0.3 is 0 Å². The lowest BCUT2D eigenvalue weighted by molar-refractivity contribution is 0.357. The van der Waals surface area contributed by atoms with Crippen LogP contribution in [0.1, 0.15) is 48.0 Å². The van der Waals surface area contributed by atoms with E-state index in [1.54, 1.807) is 0 Å². The van der Waals surface area contributed by atoms with Gasteiger partial charge in [-0.05, 0) is 37.3 Å². The summed E-state index contributed by atoms with van der Waals surface area (Å²) in [6, 6.07) is 0. The summed E-state index contributed by atoms with van der Waals surface area (Å²) in [6.45, 7) is 17.2. The van der Waals surface area contributed by atoms with Gasteiger partial charge in [0.05, 0.1) is 6.26 Å². The Kier molecular flexibility index (Phi) is 8.77. The molecule has 2 nitrogen and oxygen atoms in total. The molecule has 1 rings (SSSR count). The molecule has 0 amide bonds. The summed E-state index contributed by atoms with van der Waals surface area (Å²) in [5.74, 6) is 1.43. The van der Waals surface area contributed by atoms with E-state index in [0.29, 0.717) is 5.92 Å². The van der Waals surface area contributed by atoms with Gasteiger partial charge in [-0.3, -0.25) is 0 Å². The van der Waals surface area contributed by atoms with Crippen molar-refractivity contribution in [2.45, 2.75) is 48.0 Å². The van der Waals surface area contributed by atoms with Crippen LogP contribution in [0.4, 0.5) is 0 Å². The van der Waals surface area contributed by atoms with E-state index in [-0.39, 0.29) is 0 Å². The van der Waals surface area contributed by atoms with Gasteiger partial charge in [-0.15, -0.1) is 0 Å². The second kappa shape index (κ2) is 9.48. The Morgan fingerprint density at radius 2 is 2.00 bits per heavy atom. The SMILES string of the molecule is C=COC(=C(C)C)/C(=C\C(C)C)C1=CNCC1.CC. The standard InChI is InChI=1S/C15H23NO.C2H6/c1-6-17-15(12(4)5)14(9-11(2)3)13-7-8-16-10-13;1-2/h6,9-11,16H,1,7-8H2,2-5H3;1-2H3/b14-9-;. The van der Waals surface area contributed by atoms with Gasteiger partial charge in [-0.1, -0.05) is 40.3 Å². The van der Waals surface area contributed by atoms with Crippen molar-refractivity contribution in [3.63, 3.8) is 0 Å². The highest BCUT2D eigenvalue weighted by atomic mass is 16.5. The first-order valence-corrected chi connectivity index (χ1v) is 7.16. The number of hydrogen-bond donors (Lipinski definition) is 1. The van der Waals surface area contributed by atoms with E-state index in [1.165, 1.54) is 23.0 Å². The zero-order valence-electron chi connectivity index (χ0n) is 13.3. The topological polar surface area (TPSA) is 21.3 Å². The van der Waals surface area contributed by atoms with Crippen LogP contribution in [0, 0.1) is 5.92 Å². The molecular weight excluding hydrogens is 234 g/mol. The van der Waals surface area contributed by atoms with Gasteiger partial charge in [0.2, 0.25) is 0 Å². The third-order valence-electron chi connectivity index (χ3n) is 2.56. The smallest absolute Gasteiger partial charge is 0.132 e. The van der Waals surface area contributed by atoms with Gasteiger partial charge in [0.15, 0.2) is 0 Å². The first-order valence-electron chi connectivity index (χ1n) is 7.16. The Hall–Kier alpha value is -1.44. The van der Waals surface area contributed by atoms with Crippen molar-refractivity contribution in [1.82, 2.24) is 5.32 Å². The molecule has 1 heterocycles. The zero-order chi connectivity index (χ0) is 14.8. The summed E-state index contributed by atoms with van der Waals surface area (Å²) in [7, 11) is 0. The highest BCUT2D eigenvalue weighted by Crippen LogP contribution is 2.28. The molecule has 108 valence electrons. The maximum Gasteiger partial charge on any atom is 0.132 e. The minimum atomic E-state index is 0.495. The van der Waals surface area contributed by atoms with Crippen LogP contribution < -0.4 is 5.32 Å². The summed E-state index contributed by atoms with van der Waals surface area (Å²) in [5, 5.41) is 3.26. The Bertz CT molecular complexity index is 369. The minimum Gasteiger partial charge on any atom is -0.465 e. The average Bonchev–Trinajstić information content (AvgIpc) is 2.89. The molecule has 0 radical (unpaired) electrons. The number of allylic oxidation sites excluding steroid dienone is 3. The number of hydrogen-bond acceptors (Lipinski definition) is 2. The summed E-state index contributed by atoms with van der Waals surface area (Å²) in [4.78, 5) is 0. The third-order valence-corrected chi connectivity index (χ3v) is 2.56. The van der Waals surface area contributed by atoms with Crippen LogP contribution in [0.3, 0.4) is 0 Å². The van der Waals surface area contributed by atoms with Crippen LogP contribution in [-0.2, 0) is 4.74 Å². The summed E-state index contributed by atoms with van der Waals surface area (Å²) in [6.07, 6.45) is 6.89. The Labute approximate surface area is 118 Å². The summed E-state index contributed by atoms with van der Waals surface area (Å²) < 4.78 is 5.59. The van der Waals surface area contributed by atoms with Gasteiger partial charge < -0.3 is 10.1 Å². The molecule has 0 aromatic rings. The lowest BCUT2D eigenvalue weighted by Gasteiger charge is -2.15. The van der Waals surface area contributed by atoms with E-state index in [2.05, 4.69) is 51.9 Å². The molecule has 1 aliphatic heterocycles. The fourth-order valence-corrected chi connectivity index (χ4v) is 1.88. The van der Waals surface area contributed by atoms with Crippen molar-refractivity contribution in [1.29, 1.82) is 0 Å². The largest absolute Gasteiger partial charge is 0.465 e. The van der Waals surface area contributed by atoms with Crippen molar-refractivity contribution in [3.8, 4) is 0 Å². The Morgan fingerprint density at radius 3 is 2.37 bits per heavy atom. The minimum absolute atomic E-state index is 0.495. The van der Waals surface area contributed by atoms with E-state index in [9.17, 15) is 0 Å². The molecule has 0 aromatic heterocycles. The third kappa shape index (κ3) is 5.82. The van der Waals surface area contributed by atoms with Crippen molar-refractivity contribution >= 4 is 0 Å². The number of rotatable bonds is 5. The van der Waals surface area contributed by atoms with E-state index in [4.69, 9.17) is 4.74 Å². The average molecular weight is 263 g/mol. The van der Waals surface area contributed by atoms with Crippen molar-refractivity contribution in [2.75, 3.05) is 6.54 Å². The van der Waals surface area contributed by atoms with Gasteiger partial charge in [0.1, 0.15) is 5.76 Å². The monoisotopic (exact) mass is 263 g/mol. The van der Waals surface area contributed by atoms with Gasteiger partial charge in [-0.2, -0.15) is 0 Å². The van der Waals surface area contributed by atoms with Crippen LogP contribution in [0.25, 0.3) is 0 Å². The van der Waals surface area contributed by atoms with Crippen LogP contribution in [0.2, 0.25) is 0 Å². The molecule has 0 fully saturated rings. The molecule has 0 spiro atoms. The molecule has 0 aliphatic carbocycles. The molecule has 19 heavy (non-hydrogen) atoms. The Morgan fingerprint density at radius 1 is 1.37 bits per heavy atom. The van der Waals surface area contributed by atoms with Gasteiger partial charge in [0, 0.05) is 18.3 Å². The second-order valence-electron chi connectivity index (χ2n) is 4.81. The van der Waals surface area contributed by atoms with Crippen molar-refractivity contribution in [3.05, 3.63) is 47.6 Å². The molecule has 0 unspecified atom stereocenters. The lowest BCUT2D eigenvalue weighted by atomic mass is 9.97. The first-order chi connectivity index (χ1) is 9.06. The molecule has 1 N–H and O–H groups in total. The molecule has 0 aromatic carbocycles. The molecule has 0 saturated carbocycles. The normalized spacial score (nSPS) is 14.1. The zero-order valence-corrected chi connectivity index (χ0v) is 13.3. The van der Waals surface area contributed by atoms with Crippen molar-refractivity contribution < 1.29 is 4.74 Å². The molecule has 0 bridgehead atoms.